The molecular formula is C16H26ClNO. The number of halogens is 1. The van der Waals surface area contributed by atoms with Gasteiger partial charge in [0.2, 0.25) is 0 Å². The van der Waals surface area contributed by atoms with E-state index in [2.05, 4.69) is 19.2 Å². The molecule has 0 radical (unpaired) electrons. The maximum Gasteiger partial charge on any atom is 0.119 e. The van der Waals surface area contributed by atoms with Crippen LogP contribution in [-0.4, -0.2) is 19.2 Å². The zero-order chi connectivity index (χ0) is 14.3. The minimum Gasteiger partial charge on any atom is -0.494 e. The molecule has 108 valence electrons. The van der Waals surface area contributed by atoms with E-state index in [1.54, 1.807) is 0 Å². The van der Waals surface area contributed by atoms with Gasteiger partial charge < -0.3 is 10.1 Å². The predicted octanol–water partition coefficient (Wildman–Crippen LogP) is 4.50. The highest BCUT2D eigenvalue weighted by atomic mass is 35.5. The van der Waals surface area contributed by atoms with Crippen LogP contribution in [-0.2, 0) is 0 Å². The number of hydrogen-bond acceptors (Lipinski definition) is 2. The maximum absolute atomic E-state index is 6.13. The molecule has 3 heteroatoms. The quantitative estimate of drug-likeness (QED) is 0.709. The third kappa shape index (κ3) is 6.31. The van der Waals surface area contributed by atoms with Crippen LogP contribution < -0.4 is 10.1 Å². The van der Waals surface area contributed by atoms with E-state index in [1.807, 2.05) is 26.0 Å². The van der Waals surface area contributed by atoms with Crippen LogP contribution in [0.5, 0.6) is 5.75 Å². The van der Waals surface area contributed by atoms with Crippen LogP contribution in [0.1, 0.15) is 44.2 Å². The lowest BCUT2D eigenvalue weighted by molar-refractivity contribution is 0.304. The summed E-state index contributed by atoms with van der Waals surface area (Å²) < 4.78 is 5.77. The fourth-order valence-corrected chi connectivity index (χ4v) is 2.08. The molecule has 1 aromatic carbocycles. The zero-order valence-corrected chi connectivity index (χ0v) is 13.3. The van der Waals surface area contributed by atoms with Gasteiger partial charge in [0, 0.05) is 11.1 Å². The highest BCUT2D eigenvalue weighted by molar-refractivity contribution is 6.32. The molecule has 0 amide bonds. The van der Waals surface area contributed by atoms with E-state index < -0.39 is 0 Å². The SMILES string of the molecule is Cc1cc(OCCCCCNC(C)C)cc(C)c1Cl. The Hall–Kier alpha value is -0.730. The average molecular weight is 284 g/mol. The van der Waals surface area contributed by atoms with E-state index in [0.29, 0.717) is 6.04 Å². The number of hydrogen-bond donors (Lipinski definition) is 1. The van der Waals surface area contributed by atoms with Gasteiger partial charge in [-0.3, -0.25) is 0 Å². The van der Waals surface area contributed by atoms with Gasteiger partial charge in [-0.2, -0.15) is 0 Å². The number of benzene rings is 1. The van der Waals surface area contributed by atoms with E-state index in [1.165, 1.54) is 12.8 Å². The molecular weight excluding hydrogens is 258 g/mol. The predicted molar refractivity (Wildman–Crippen MR) is 83.4 cm³/mol. The molecule has 0 heterocycles. The van der Waals surface area contributed by atoms with Crippen LogP contribution in [0.15, 0.2) is 12.1 Å². The maximum atomic E-state index is 6.13. The van der Waals surface area contributed by atoms with Gasteiger partial charge in [-0.15, -0.1) is 0 Å². The van der Waals surface area contributed by atoms with Gasteiger partial charge in [0.1, 0.15) is 5.75 Å². The first-order chi connectivity index (χ1) is 9.00. The Bertz CT molecular complexity index is 367. The molecule has 0 saturated carbocycles. The van der Waals surface area contributed by atoms with Crippen molar-refractivity contribution < 1.29 is 4.74 Å². The summed E-state index contributed by atoms with van der Waals surface area (Å²) in [5.41, 5.74) is 2.16. The Morgan fingerprint density at radius 1 is 1.11 bits per heavy atom. The molecule has 0 unspecified atom stereocenters. The Balaban J connectivity index is 2.19. The molecule has 0 aliphatic rings. The van der Waals surface area contributed by atoms with Crippen LogP contribution in [0.2, 0.25) is 5.02 Å². The Kier molecular flexibility index (Phi) is 7.25. The number of unbranched alkanes of at least 4 members (excludes halogenated alkanes) is 2. The summed E-state index contributed by atoms with van der Waals surface area (Å²) in [6.45, 7) is 10.3. The minimum absolute atomic E-state index is 0.580. The molecule has 0 aromatic heterocycles. The van der Waals surface area contributed by atoms with E-state index in [0.717, 1.165) is 41.5 Å². The van der Waals surface area contributed by atoms with Crippen molar-refractivity contribution in [1.82, 2.24) is 5.32 Å². The molecule has 0 aliphatic heterocycles. The number of rotatable bonds is 8. The third-order valence-electron chi connectivity index (χ3n) is 3.05. The first-order valence-corrected chi connectivity index (χ1v) is 7.51. The van der Waals surface area contributed by atoms with Gasteiger partial charge in [-0.1, -0.05) is 25.4 Å². The summed E-state index contributed by atoms with van der Waals surface area (Å²) in [4.78, 5) is 0. The number of ether oxygens (including phenoxy) is 1. The van der Waals surface area contributed by atoms with Crippen LogP contribution in [0.4, 0.5) is 0 Å². The summed E-state index contributed by atoms with van der Waals surface area (Å²) in [5.74, 6) is 0.930. The molecule has 0 atom stereocenters. The second kappa shape index (κ2) is 8.44. The van der Waals surface area contributed by atoms with Crippen LogP contribution >= 0.6 is 11.6 Å². The lowest BCUT2D eigenvalue weighted by Crippen LogP contribution is -2.23. The first kappa shape index (κ1) is 16.3. The molecule has 0 saturated heterocycles. The Morgan fingerprint density at radius 2 is 1.74 bits per heavy atom. The Morgan fingerprint density at radius 3 is 2.32 bits per heavy atom. The topological polar surface area (TPSA) is 21.3 Å². The standard InChI is InChI=1S/C16H26ClNO/c1-12(2)18-8-6-5-7-9-19-15-10-13(3)16(17)14(4)11-15/h10-12,18H,5-9H2,1-4H3. The first-order valence-electron chi connectivity index (χ1n) is 7.13. The third-order valence-corrected chi connectivity index (χ3v) is 3.65. The Labute approximate surface area is 122 Å². The highest BCUT2D eigenvalue weighted by Gasteiger charge is 2.03. The van der Waals surface area contributed by atoms with E-state index in [-0.39, 0.29) is 0 Å². The summed E-state index contributed by atoms with van der Waals surface area (Å²) in [6, 6.07) is 4.60. The molecule has 1 aromatic rings. The van der Waals surface area contributed by atoms with Crippen molar-refractivity contribution >= 4 is 11.6 Å². The van der Waals surface area contributed by atoms with Crippen LogP contribution in [0, 0.1) is 13.8 Å². The zero-order valence-electron chi connectivity index (χ0n) is 12.6. The van der Waals surface area contributed by atoms with Crippen molar-refractivity contribution in [3.8, 4) is 5.75 Å². The van der Waals surface area contributed by atoms with E-state index in [4.69, 9.17) is 16.3 Å². The number of aryl methyl sites for hydroxylation is 2. The monoisotopic (exact) mass is 283 g/mol. The summed E-state index contributed by atoms with van der Waals surface area (Å²) >= 11 is 6.13. The van der Waals surface area contributed by atoms with Crippen molar-refractivity contribution in [2.45, 2.75) is 53.0 Å². The number of nitrogens with one attached hydrogen (secondary N) is 1. The fraction of sp³-hybridized carbons (Fsp3) is 0.625. The van der Waals surface area contributed by atoms with Gasteiger partial charge in [-0.05, 0) is 62.9 Å². The molecule has 0 bridgehead atoms. The summed E-state index contributed by atoms with van der Waals surface area (Å²) in [7, 11) is 0. The highest BCUT2D eigenvalue weighted by Crippen LogP contribution is 2.25. The fourth-order valence-electron chi connectivity index (χ4n) is 1.97. The molecule has 0 spiro atoms. The van der Waals surface area contributed by atoms with Crippen molar-refractivity contribution in [2.24, 2.45) is 0 Å². The molecule has 19 heavy (non-hydrogen) atoms. The average Bonchev–Trinajstić information content (AvgIpc) is 2.34. The van der Waals surface area contributed by atoms with Crippen molar-refractivity contribution in [2.75, 3.05) is 13.2 Å². The molecule has 0 aliphatic carbocycles. The van der Waals surface area contributed by atoms with Crippen molar-refractivity contribution in [1.29, 1.82) is 0 Å². The lowest BCUT2D eigenvalue weighted by atomic mass is 10.1. The van der Waals surface area contributed by atoms with Gasteiger partial charge in [0.25, 0.3) is 0 Å². The molecule has 2 nitrogen and oxygen atoms in total. The van der Waals surface area contributed by atoms with E-state index >= 15 is 0 Å². The van der Waals surface area contributed by atoms with Gasteiger partial charge in [-0.25, -0.2) is 0 Å². The van der Waals surface area contributed by atoms with Gasteiger partial charge >= 0.3 is 0 Å². The second-order valence-electron chi connectivity index (χ2n) is 5.39. The molecule has 1 rings (SSSR count). The van der Waals surface area contributed by atoms with Crippen LogP contribution in [0.3, 0.4) is 0 Å². The largest absolute Gasteiger partial charge is 0.494 e. The van der Waals surface area contributed by atoms with Crippen molar-refractivity contribution in [3.63, 3.8) is 0 Å². The normalized spacial score (nSPS) is 11.1. The van der Waals surface area contributed by atoms with Gasteiger partial charge in [0.15, 0.2) is 0 Å². The lowest BCUT2D eigenvalue weighted by Gasteiger charge is -2.10. The summed E-state index contributed by atoms with van der Waals surface area (Å²) in [6.07, 6.45) is 3.51. The molecule has 0 fully saturated rings. The smallest absolute Gasteiger partial charge is 0.119 e. The molecule has 1 N–H and O–H groups in total. The van der Waals surface area contributed by atoms with Crippen molar-refractivity contribution in [3.05, 3.63) is 28.3 Å². The second-order valence-corrected chi connectivity index (χ2v) is 5.77. The summed E-state index contributed by atoms with van der Waals surface area (Å²) in [5, 5.41) is 4.26. The van der Waals surface area contributed by atoms with Gasteiger partial charge in [0.05, 0.1) is 6.61 Å². The van der Waals surface area contributed by atoms with E-state index in [9.17, 15) is 0 Å². The van der Waals surface area contributed by atoms with Crippen LogP contribution in [0.25, 0.3) is 0 Å². The minimum atomic E-state index is 0.580.